The molecule has 0 spiro atoms. The van der Waals surface area contributed by atoms with Crippen molar-refractivity contribution in [2.24, 2.45) is 0 Å². The first kappa shape index (κ1) is 13.7. The van der Waals surface area contributed by atoms with Gasteiger partial charge in [-0.3, -0.25) is 4.79 Å². The molecule has 0 aliphatic carbocycles. The van der Waals surface area contributed by atoms with E-state index >= 15 is 0 Å². The summed E-state index contributed by atoms with van der Waals surface area (Å²) < 4.78 is 0. The minimum Gasteiger partial charge on any atom is -0.368 e. The van der Waals surface area contributed by atoms with E-state index in [9.17, 15) is 4.79 Å². The Bertz CT molecular complexity index is 687. The summed E-state index contributed by atoms with van der Waals surface area (Å²) in [6, 6.07) is 10.2. The van der Waals surface area contributed by atoms with Crippen molar-refractivity contribution in [2.45, 2.75) is 13.8 Å². The number of aromatic amines is 1. The molecule has 1 N–H and O–H groups in total. The molecule has 0 radical (unpaired) electrons. The average molecular weight is 284 g/mol. The van der Waals surface area contributed by atoms with Gasteiger partial charge in [0.25, 0.3) is 5.56 Å². The van der Waals surface area contributed by atoms with Gasteiger partial charge in [0.1, 0.15) is 11.6 Å². The summed E-state index contributed by atoms with van der Waals surface area (Å²) >= 11 is 0. The van der Waals surface area contributed by atoms with Gasteiger partial charge < -0.3 is 14.8 Å². The Balaban J connectivity index is 1.71. The number of benzene rings is 1. The Labute approximate surface area is 124 Å². The molecule has 5 nitrogen and oxygen atoms in total. The van der Waals surface area contributed by atoms with E-state index in [1.54, 1.807) is 6.07 Å². The molecule has 5 heteroatoms. The molecule has 1 aliphatic heterocycles. The van der Waals surface area contributed by atoms with Gasteiger partial charge in [0, 0.05) is 37.9 Å². The maximum atomic E-state index is 11.5. The lowest BCUT2D eigenvalue weighted by atomic mass is 10.2. The molecule has 3 rings (SSSR count). The molecule has 1 aromatic heterocycles. The lowest BCUT2D eigenvalue weighted by Gasteiger charge is -2.36. The normalized spacial score (nSPS) is 15.3. The topological polar surface area (TPSA) is 52.2 Å². The fourth-order valence-electron chi connectivity index (χ4n) is 2.74. The van der Waals surface area contributed by atoms with E-state index in [2.05, 4.69) is 51.0 Å². The van der Waals surface area contributed by atoms with Gasteiger partial charge >= 0.3 is 0 Å². The Hall–Kier alpha value is -2.30. The molecule has 110 valence electrons. The van der Waals surface area contributed by atoms with Crippen molar-refractivity contribution in [2.75, 3.05) is 36.0 Å². The van der Waals surface area contributed by atoms with Crippen LogP contribution in [0.25, 0.3) is 0 Å². The predicted octanol–water partition coefficient (Wildman–Crippen LogP) is 1.71. The fourth-order valence-corrected chi connectivity index (χ4v) is 2.74. The average Bonchev–Trinajstić information content (AvgIpc) is 2.46. The SMILES string of the molecule is Cc1cccc(N2CCN(c3cc(=O)[nH]c(C)n3)CC2)c1. The maximum Gasteiger partial charge on any atom is 0.252 e. The fraction of sp³-hybridized carbons (Fsp3) is 0.375. The third-order valence-corrected chi connectivity index (χ3v) is 3.82. The van der Waals surface area contributed by atoms with E-state index in [4.69, 9.17) is 0 Å². The molecule has 1 aromatic carbocycles. The van der Waals surface area contributed by atoms with E-state index in [-0.39, 0.29) is 5.56 Å². The predicted molar refractivity (Wildman–Crippen MR) is 85.2 cm³/mol. The zero-order valence-electron chi connectivity index (χ0n) is 12.5. The second-order valence-corrected chi connectivity index (χ2v) is 5.50. The molecule has 1 aliphatic rings. The smallest absolute Gasteiger partial charge is 0.252 e. The summed E-state index contributed by atoms with van der Waals surface area (Å²) in [6.45, 7) is 7.57. The monoisotopic (exact) mass is 284 g/mol. The largest absolute Gasteiger partial charge is 0.368 e. The van der Waals surface area contributed by atoms with Crippen LogP contribution >= 0.6 is 0 Å². The minimum atomic E-state index is -0.0846. The van der Waals surface area contributed by atoms with Gasteiger partial charge in [0.15, 0.2) is 0 Å². The summed E-state index contributed by atoms with van der Waals surface area (Å²) in [5, 5.41) is 0. The van der Waals surface area contributed by atoms with Gasteiger partial charge in [-0.1, -0.05) is 12.1 Å². The van der Waals surface area contributed by atoms with Crippen LogP contribution in [-0.4, -0.2) is 36.1 Å². The van der Waals surface area contributed by atoms with Crippen LogP contribution in [0.15, 0.2) is 35.1 Å². The van der Waals surface area contributed by atoms with Gasteiger partial charge in [0.05, 0.1) is 0 Å². The molecule has 0 unspecified atom stereocenters. The molecule has 1 saturated heterocycles. The van der Waals surface area contributed by atoms with Crippen LogP contribution in [0.5, 0.6) is 0 Å². The van der Waals surface area contributed by atoms with Crippen LogP contribution in [0.1, 0.15) is 11.4 Å². The zero-order valence-corrected chi connectivity index (χ0v) is 12.5. The lowest BCUT2D eigenvalue weighted by Crippen LogP contribution is -2.47. The quantitative estimate of drug-likeness (QED) is 0.912. The van der Waals surface area contributed by atoms with Crippen molar-refractivity contribution in [3.8, 4) is 0 Å². The van der Waals surface area contributed by atoms with E-state index in [0.717, 1.165) is 32.0 Å². The molecular weight excluding hydrogens is 264 g/mol. The van der Waals surface area contributed by atoms with E-state index in [0.29, 0.717) is 5.82 Å². The van der Waals surface area contributed by atoms with Crippen molar-refractivity contribution >= 4 is 11.5 Å². The molecule has 0 atom stereocenters. The minimum absolute atomic E-state index is 0.0846. The number of hydrogen-bond acceptors (Lipinski definition) is 4. The number of nitrogens with one attached hydrogen (secondary N) is 1. The third-order valence-electron chi connectivity index (χ3n) is 3.82. The number of rotatable bonds is 2. The van der Waals surface area contributed by atoms with E-state index in [1.807, 2.05) is 6.92 Å². The van der Waals surface area contributed by atoms with E-state index < -0.39 is 0 Å². The number of nitrogens with zero attached hydrogens (tertiary/aromatic N) is 3. The van der Waals surface area contributed by atoms with Crippen LogP contribution in [0.3, 0.4) is 0 Å². The van der Waals surface area contributed by atoms with Gasteiger partial charge in [0.2, 0.25) is 0 Å². The summed E-state index contributed by atoms with van der Waals surface area (Å²) in [4.78, 5) is 23.2. The van der Waals surface area contributed by atoms with Crippen LogP contribution < -0.4 is 15.4 Å². The van der Waals surface area contributed by atoms with Gasteiger partial charge in [-0.05, 0) is 31.5 Å². The van der Waals surface area contributed by atoms with Crippen molar-refractivity contribution in [1.29, 1.82) is 0 Å². The first-order valence-corrected chi connectivity index (χ1v) is 7.26. The molecule has 0 saturated carbocycles. The molecule has 2 aromatic rings. The van der Waals surface area contributed by atoms with Gasteiger partial charge in [-0.15, -0.1) is 0 Å². The highest BCUT2D eigenvalue weighted by Gasteiger charge is 2.18. The van der Waals surface area contributed by atoms with Crippen molar-refractivity contribution in [3.05, 3.63) is 52.1 Å². The Morgan fingerprint density at radius 1 is 1.05 bits per heavy atom. The number of aryl methyl sites for hydroxylation is 2. The Morgan fingerprint density at radius 3 is 2.43 bits per heavy atom. The first-order chi connectivity index (χ1) is 10.1. The molecule has 2 heterocycles. The summed E-state index contributed by atoms with van der Waals surface area (Å²) in [7, 11) is 0. The highest BCUT2D eigenvalue weighted by molar-refractivity contribution is 5.50. The van der Waals surface area contributed by atoms with Crippen LogP contribution in [0, 0.1) is 13.8 Å². The first-order valence-electron chi connectivity index (χ1n) is 7.26. The Kier molecular flexibility index (Phi) is 3.64. The second kappa shape index (κ2) is 5.60. The number of piperazine rings is 1. The van der Waals surface area contributed by atoms with Crippen LogP contribution in [0.2, 0.25) is 0 Å². The van der Waals surface area contributed by atoms with Crippen molar-refractivity contribution < 1.29 is 0 Å². The number of aromatic nitrogens is 2. The van der Waals surface area contributed by atoms with Crippen LogP contribution in [-0.2, 0) is 0 Å². The molecule has 21 heavy (non-hydrogen) atoms. The summed E-state index contributed by atoms with van der Waals surface area (Å²) in [5.41, 5.74) is 2.46. The maximum absolute atomic E-state index is 11.5. The van der Waals surface area contributed by atoms with Gasteiger partial charge in [-0.25, -0.2) is 4.98 Å². The zero-order chi connectivity index (χ0) is 14.8. The summed E-state index contributed by atoms with van der Waals surface area (Å²) in [5.74, 6) is 1.44. The molecular formula is C16H20N4O. The number of H-pyrrole nitrogens is 1. The standard InChI is InChI=1S/C16H20N4O/c1-12-4-3-5-14(10-12)19-6-8-20(9-7-19)15-11-16(21)18-13(2)17-15/h3-5,10-11H,6-9H2,1-2H3,(H,17,18,21). The number of anilines is 2. The lowest BCUT2D eigenvalue weighted by molar-refractivity contribution is 0.645. The highest BCUT2D eigenvalue weighted by atomic mass is 16.1. The van der Waals surface area contributed by atoms with Crippen LogP contribution in [0.4, 0.5) is 11.5 Å². The number of hydrogen-bond donors (Lipinski definition) is 1. The Morgan fingerprint density at radius 2 is 1.76 bits per heavy atom. The van der Waals surface area contributed by atoms with E-state index in [1.165, 1.54) is 11.3 Å². The van der Waals surface area contributed by atoms with Crippen molar-refractivity contribution in [3.63, 3.8) is 0 Å². The molecule has 0 bridgehead atoms. The summed E-state index contributed by atoms with van der Waals surface area (Å²) in [6.07, 6.45) is 0. The van der Waals surface area contributed by atoms with Crippen molar-refractivity contribution in [1.82, 2.24) is 9.97 Å². The third kappa shape index (κ3) is 3.07. The second-order valence-electron chi connectivity index (χ2n) is 5.50. The molecule has 1 fully saturated rings. The van der Waals surface area contributed by atoms with Gasteiger partial charge in [-0.2, -0.15) is 0 Å². The molecule has 0 amide bonds. The highest BCUT2D eigenvalue weighted by Crippen LogP contribution is 2.19.